The Morgan fingerprint density at radius 3 is 2.49 bits per heavy atom. The highest BCUT2D eigenvalue weighted by molar-refractivity contribution is 5.89. The van der Waals surface area contributed by atoms with E-state index in [4.69, 9.17) is 14.7 Å². The summed E-state index contributed by atoms with van der Waals surface area (Å²) in [4.78, 5) is 39.5. The van der Waals surface area contributed by atoms with Crippen LogP contribution in [0.3, 0.4) is 0 Å². The maximum Gasteiger partial charge on any atom is 0.319 e. The highest BCUT2D eigenvalue weighted by atomic mass is 16.5. The van der Waals surface area contributed by atoms with E-state index in [1.807, 2.05) is 49.9 Å². The number of rotatable bonds is 4. The van der Waals surface area contributed by atoms with Gasteiger partial charge in [0.15, 0.2) is 5.82 Å². The highest BCUT2D eigenvalue weighted by Gasteiger charge is 2.33. The van der Waals surface area contributed by atoms with E-state index in [1.165, 1.54) is 6.42 Å². The Labute approximate surface area is 219 Å². The molecule has 2 N–H and O–H groups in total. The molecule has 198 valence electrons. The third kappa shape index (κ3) is 5.56. The molecular formula is C28H38N6O3. The summed E-state index contributed by atoms with van der Waals surface area (Å²) in [6, 6.07) is 7.96. The van der Waals surface area contributed by atoms with Gasteiger partial charge in [-0.3, -0.25) is 4.79 Å². The minimum Gasteiger partial charge on any atom is -0.377 e. The second-order valence-corrected chi connectivity index (χ2v) is 11.4. The van der Waals surface area contributed by atoms with E-state index in [0.717, 1.165) is 54.1 Å². The van der Waals surface area contributed by atoms with Gasteiger partial charge in [-0.2, -0.15) is 0 Å². The van der Waals surface area contributed by atoms with Crippen molar-refractivity contribution in [2.75, 3.05) is 36.5 Å². The van der Waals surface area contributed by atoms with Crippen molar-refractivity contribution in [1.82, 2.24) is 20.2 Å². The number of carbonyl (C=O) groups is 2. The lowest BCUT2D eigenvalue weighted by atomic mass is 9.93. The normalized spacial score (nSPS) is 20.2. The summed E-state index contributed by atoms with van der Waals surface area (Å²) in [5, 5.41) is 5.91. The van der Waals surface area contributed by atoms with Gasteiger partial charge in [0.05, 0.1) is 31.5 Å². The largest absolute Gasteiger partial charge is 0.377 e. The molecule has 2 fully saturated rings. The van der Waals surface area contributed by atoms with E-state index >= 15 is 0 Å². The third-order valence-electron chi connectivity index (χ3n) is 7.45. The van der Waals surface area contributed by atoms with Crippen LogP contribution in [0.2, 0.25) is 0 Å². The average Bonchev–Trinajstić information content (AvgIpc) is 2.85. The smallest absolute Gasteiger partial charge is 0.319 e. The van der Waals surface area contributed by atoms with E-state index in [0.29, 0.717) is 32.1 Å². The summed E-state index contributed by atoms with van der Waals surface area (Å²) >= 11 is 0. The van der Waals surface area contributed by atoms with Gasteiger partial charge in [0.2, 0.25) is 5.91 Å². The third-order valence-corrected chi connectivity index (χ3v) is 7.45. The molecule has 2 aromatic rings. The maximum absolute atomic E-state index is 13.1. The molecule has 37 heavy (non-hydrogen) atoms. The summed E-state index contributed by atoms with van der Waals surface area (Å²) in [7, 11) is 0. The van der Waals surface area contributed by atoms with Gasteiger partial charge in [0.25, 0.3) is 0 Å². The van der Waals surface area contributed by atoms with Crippen molar-refractivity contribution in [3.8, 4) is 11.4 Å². The molecule has 1 unspecified atom stereocenters. The molecule has 1 saturated carbocycles. The van der Waals surface area contributed by atoms with E-state index in [1.54, 1.807) is 0 Å². The molecule has 1 aromatic heterocycles. The van der Waals surface area contributed by atoms with E-state index < -0.39 is 5.41 Å². The molecule has 3 heterocycles. The predicted octanol–water partition coefficient (Wildman–Crippen LogP) is 3.97. The fourth-order valence-corrected chi connectivity index (χ4v) is 5.07. The van der Waals surface area contributed by atoms with Crippen LogP contribution in [0.1, 0.15) is 58.2 Å². The minimum atomic E-state index is -0.442. The number of carbonyl (C=O) groups excluding carboxylic acids is 2. The number of anilines is 2. The molecule has 1 saturated heterocycles. The maximum atomic E-state index is 13.1. The Bertz CT molecular complexity index is 1160. The number of hydrogen-bond acceptors (Lipinski definition) is 6. The number of morpholine rings is 1. The molecule has 3 aliphatic rings. The lowest BCUT2D eigenvalue weighted by molar-refractivity contribution is -0.140. The van der Waals surface area contributed by atoms with Crippen molar-refractivity contribution >= 4 is 23.4 Å². The number of nitrogens with zero attached hydrogens (tertiary/aromatic N) is 4. The fourth-order valence-electron chi connectivity index (χ4n) is 5.07. The Hall–Kier alpha value is -3.20. The van der Waals surface area contributed by atoms with Crippen molar-refractivity contribution in [1.29, 1.82) is 0 Å². The average molecular weight is 507 g/mol. The molecule has 2 aliphatic heterocycles. The van der Waals surface area contributed by atoms with Crippen LogP contribution >= 0.6 is 0 Å². The van der Waals surface area contributed by atoms with Crippen LogP contribution in [0.5, 0.6) is 0 Å². The van der Waals surface area contributed by atoms with Crippen LogP contribution in [-0.4, -0.2) is 65.2 Å². The SMILES string of the molecule is CC1COCCN1c1nc(-c2ccc(NC(=O)NC3CCC3)cc2)nc2c1CCN(C(=O)C(C)(C)C)C2. The fraction of sp³-hybridized carbons (Fsp3) is 0.571. The van der Waals surface area contributed by atoms with Gasteiger partial charge in [-0.15, -0.1) is 0 Å². The van der Waals surface area contributed by atoms with Gasteiger partial charge in [0.1, 0.15) is 5.82 Å². The zero-order valence-electron chi connectivity index (χ0n) is 22.3. The quantitative estimate of drug-likeness (QED) is 0.651. The monoisotopic (exact) mass is 506 g/mol. The Morgan fingerprint density at radius 2 is 1.84 bits per heavy atom. The molecule has 9 heteroatoms. The number of ether oxygens (including phenoxy) is 1. The lowest BCUT2D eigenvalue weighted by Crippen LogP contribution is -2.46. The van der Waals surface area contributed by atoms with Gasteiger partial charge in [0, 0.05) is 41.4 Å². The Balaban J connectivity index is 1.43. The van der Waals surface area contributed by atoms with Crippen LogP contribution in [0.15, 0.2) is 24.3 Å². The minimum absolute atomic E-state index is 0.134. The number of aromatic nitrogens is 2. The molecular weight excluding hydrogens is 468 g/mol. The first-order chi connectivity index (χ1) is 17.7. The van der Waals surface area contributed by atoms with Crippen molar-refractivity contribution in [2.24, 2.45) is 5.41 Å². The van der Waals surface area contributed by atoms with Crippen LogP contribution in [-0.2, 0) is 22.5 Å². The van der Waals surface area contributed by atoms with Gasteiger partial charge in [-0.05, 0) is 56.9 Å². The first kappa shape index (κ1) is 25.4. The van der Waals surface area contributed by atoms with Gasteiger partial charge in [-0.25, -0.2) is 14.8 Å². The molecule has 5 rings (SSSR count). The van der Waals surface area contributed by atoms with Crippen LogP contribution in [0.25, 0.3) is 11.4 Å². The zero-order chi connectivity index (χ0) is 26.2. The molecule has 1 atom stereocenters. The number of amides is 3. The summed E-state index contributed by atoms with van der Waals surface area (Å²) in [5.41, 5.74) is 3.19. The van der Waals surface area contributed by atoms with Gasteiger partial charge >= 0.3 is 6.03 Å². The van der Waals surface area contributed by atoms with Crippen molar-refractivity contribution in [2.45, 2.75) is 72.0 Å². The first-order valence-corrected chi connectivity index (χ1v) is 13.4. The second kappa shape index (κ2) is 10.3. The number of benzene rings is 1. The Kier molecular flexibility index (Phi) is 7.07. The van der Waals surface area contributed by atoms with E-state index in [9.17, 15) is 9.59 Å². The number of nitrogens with one attached hydrogen (secondary N) is 2. The van der Waals surface area contributed by atoms with E-state index in [-0.39, 0.29) is 24.0 Å². The highest BCUT2D eigenvalue weighted by Crippen LogP contribution is 2.33. The molecule has 0 spiro atoms. The summed E-state index contributed by atoms with van der Waals surface area (Å²) in [5.74, 6) is 1.71. The molecule has 1 aromatic carbocycles. The number of hydrogen-bond donors (Lipinski definition) is 2. The second-order valence-electron chi connectivity index (χ2n) is 11.4. The van der Waals surface area contributed by atoms with Crippen LogP contribution in [0, 0.1) is 5.41 Å². The summed E-state index contributed by atoms with van der Waals surface area (Å²) in [6.07, 6.45) is 4.00. The van der Waals surface area contributed by atoms with E-state index in [2.05, 4.69) is 22.5 Å². The first-order valence-electron chi connectivity index (χ1n) is 13.4. The van der Waals surface area contributed by atoms with Crippen molar-refractivity contribution < 1.29 is 14.3 Å². The van der Waals surface area contributed by atoms with Gasteiger partial charge < -0.3 is 25.2 Å². The Morgan fingerprint density at radius 1 is 1.08 bits per heavy atom. The molecule has 3 amide bonds. The molecule has 0 radical (unpaired) electrons. The topological polar surface area (TPSA) is 99.7 Å². The molecule has 0 bridgehead atoms. The molecule has 9 nitrogen and oxygen atoms in total. The number of fused-ring (bicyclic) bond motifs is 1. The zero-order valence-corrected chi connectivity index (χ0v) is 22.3. The lowest BCUT2D eigenvalue weighted by Gasteiger charge is -2.38. The molecule has 1 aliphatic carbocycles. The van der Waals surface area contributed by atoms with Crippen molar-refractivity contribution in [3.05, 3.63) is 35.5 Å². The van der Waals surface area contributed by atoms with Crippen molar-refractivity contribution in [3.63, 3.8) is 0 Å². The van der Waals surface area contributed by atoms with Crippen LogP contribution < -0.4 is 15.5 Å². The summed E-state index contributed by atoms with van der Waals surface area (Å²) in [6.45, 7) is 11.3. The number of urea groups is 1. The predicted molar refractivity (Wildman–Crippen MR) is 143 cm³/mol. The standard InChI is InChI=1S/C28H38N6O3/c1-18-17-37-15-14-34(18)25-22-12-13-33(26(35)28(2,3)4)16-23(22)31-24(32-25)19-8-10-21(11-9-19)30-27(36)29-20-6-5-7-20/h8-11,18,20H,5-7,12-17H2,1-4H3,(H2,29,30,36). The summed E-state index contributed by atoms with van der Waals surface area (Å²) < 4.78 is 5.68. The van der Waals surface area contributed by atoms with Crippen LogP contribution in [0.4, 0.5) is 16.3 Å². The van der Waals surface area contributed by atoms with Gasteiger partial charge in [-0.1, -0.05) is 20.8 Å².